The van der Waals surface area contributed by atoms with Gasteiger partial charge in [-0.15, -0.1) is 0 Å². The van der Waals surface area contributed by atoms with Crippen molar-refractivity contribution in [2.45, 2.75) is 70.2 Å². The molecule has 1 aliphatic carbocycles. The summed E-state index contributed by atoms with van der Waals surface area (Å²) in [5.41, 5.74) is 0.809. The van der Waals surface area contributed by atoms with Crippen LogP contribution in [0.5, 0.6) is 11.5 Å². The van der Waals surface area contributed by atoms with Gasteiger partial charge in [0.2, 0.25) is 11.8 Å². The Balaban J connectivity index is 1.37. The summed E-state index contributed by atoms with van der Waals surface area (Å²) in [7, 11) is 1.62. The number of nitrogens with zero attached hydrogens (tertiary/aromatic N) is 2. The molecule has 2 fully saturated rings. The Bertz CT molecular complexity index is 1210. The van der Waals surface area contributed by atoms with Crippen LogP contribution in [0.1, 0.15) is 70.2 Å². The van der Waals surface area contributed by atoms with Gasteiger partial charge < -0.3 is 20.1 Å². The summed E-state index contributed by atoms with van der Waals surface area (Å²) in [6, 6.07) is 8.78. The number of aromatic nitrogens is 1. The van der Waals surface area contributed by atoms with Crippen molar-refractivity contribution in [2.75, 3.05) is 7.11 Å². The number of nitrogens with one attached hydrogen (secondary N) is 3. The van der Waals surface area contributed by atoms with E-state index in [0.717, 1.165) is 11.1 Å². The minimum Gasteiger partial charge on any atom is -0.497 e. The molecule has 3 N–H and O–H groups in total. The number of ether oxygens (including phenoxy) is 2. The molecule has 3 aliphatic rings. The molecule has 1 unspecified atom stereocenters. The summed E-state index contributed by atoms with van der Waals surface area (Å²) >= 11 is 0. The van der Waals surface area contributed by atoms with Crippen LogP contribution < -0.4 is 20.1 Å². The summed E-state index contributed by atoms with van der Waals surface area (Å²) in [5, 5.41) is 15.0. The van der Waals surface area contributed by atoms with E-state index in [-0.39, 0.29) is 42.1 Å². The van der Waals surface area contributed by atoms with Gasteiger partial charge in [-0.3, -0.25) is 24.9 Å². The van der Waals surface area contributed by atoms with Crippen molar-refractivity contribution in [1.82, 2.24) is 20.5 Å². The molecule has 1 aromatic heterocycles. The van der Waals surface area contributed by atoms with Crippen molar-refractivity contribution in [2.24, 2.45) is 11.8 Å². The molecule has 1 aromatic carbocycles. The largest absolute Gasteiger partial charge is 0.497 e. The van der Waals surface area contributed by atoms with Crippen molar-refractivity contribution in [3.8, 4) is 11.5 Å². The van der Waals surface area contributed by atoms with E-state index in [1.165, 1.54) is 4.90 Å². The Labute approximate surface area is 217 Å². The van der Waals surface area contributed by atoms with Crippen LogP contribution in [-0.2, 0) is 9.59 Å². The Hall–Kier alpha value is -3.62. The highest BCUT2D eigenvalue weighted by molar-refractivity contribution is 5.99. The fourth-order valence-corrected chi connectivity index (χ4v) is 5.68. The van der Waals surface area contributed by atoms with E-state index in [1.807, 2.05) is 58.0 Å². The number of rotatable bonds is 6. The summed E-state index contributed by atoms with van der Waals surface area (Å²) in [6.45, 7) is 7.84. The molecular formula is C28H35N5O4. The summed E-state index contributed by atoms with van der Waals surface area (Å²) < 4.78 is 11.5. The van der Waals surface area contributed by atoms with Gasteiger partial charge in [-0.05, 0) is 63.8 Å². The van der Waals surface area contributed by atoms with Crippen molar-refractivity contribution < 1.29 is 19.1 Å². The van der Waals surface area contributed by atoms with Gasteiger partial charge in [0, 0.05) is 48.3 Å². The quantitative estimate of drug-likeness (QED) is 0.551. The molecule has 0 spiro atoms. The lowest BCUT2D eigenvalue weighted by atomic mass is 9.89. The van der Waals surface area contributed by atoms with Gasteiger partial charge in [0.1, 0.15) is 17.1 Å². The molecule has 4 atom stereocenters. The van der Waals surface area contributed by atoms with E-state index >= 15 is 0 Å². The monoisotopic (exact) mass is 505 g/mol. The zero-order valence-electron chi connectivity index (χ0n) is 22.0. The average Bonchev–Trinajstić information content (AvgIpc) is 3.60. The smallest absolute Gasteiger partial charge is 0.232 e. The molecule has 2 aromatic rings. The van der Waals surface area contributed by atoms with Gasteiger partial charge in [-0.2, -0.15) is 0 Å². The fraction of sp³-hybridized carbons (Fsp3) is 0.500. The maximum Gasteiger partial charge on any atom is 0.232 e. The number of guanidine groups is 1. The predicted octanol–water partition coefficient (Wildman–Crippen LogP) is 3.72. The Kier molecular flexibility index (Phi) is 6.12. The molecule has 0 radical (unpaired) electrons. The zero-order chi connectivity index (χ0) is 26.5. The third-order valence-corrected chi connectivity index (χ3v) is 7.44. The van der Waals surface area contributed by atoms with Crippen LogP contribution in [-0.4, -0.2) is 45.9 Å². The maximum absolute atomic E-state index is 13.5. The minimum absolute atomic E-state index is 0.0485. The molecule has 0 bridgehead atoms. The van der Waals surface area contributed by atoms with Gasteiger partial charge in [0.25, 0.3) is 0 Å². The van der Waals surface area contributed by atoms with Crippen molar-refractivity contribution in [1.29, 1.82) is 5.41 Å². The van der Waals surface area contributed by atoms with E-state index in [2.05, 4.69) is 15.6 Å². The van der Waals surface area contributed by atoms with Crippen molar-refractivity contribution in [3.63, 3.8) is 0 Å². The van der Waals surface area contributed by atoms with Gasteiger partial charge in [-0.25, -0.2) is 0 Å². The maximum atomic E-state index is 13.5. The minimum atomic E-state index is -0.490. The molecule has 2 aliphatic heterocycles. The first-order chi connectivity index (χ1) is 17.5. The Morgan fingerprint density at radius 3 is 2.76 bits per heavy atom. The standard InChI is InChI=1S/C28H35N5O4/c1-27(2)14-23(34)33(26(29)32-27)24(16-7-6-10-30-15-16)19-12-20(19)25(35)31-21-13-28(3,4)37-22-11-17(36-5)8-9-18(21)22/h6-11,15,19-21,24H,12-14H2,1-5H3,(H2,29,32)(H,31,35)/t19?,20-,21+,24+/m1/s1. The molecule has 2 amide bonds. The Morgan fingerprint density at radius 1 is 1.30 bits per heavy atom. The first kappa shape index (κ1) is 25.0. The Morgan fingerprint density at radius 2 is 2.08 bits per heavy atom. The number of hydrogen-bond donors (Lipinski definition) is 3. The van der Waals surface area contributed by atoms with Crippen molar-refractivity contribution >= 4 is 17.8 Å². The molecule has 37 heavy (non-hydrogen) atoms. The van der Waals surface area contributed by atoms with E-state index in [9.17, 15) is 9.59 Å². The molecule has 1 saturated carbocycles. The zero-order valence-corrected chi connectivity index (χ0v) is 22.0. The van der Waals surface area contributed by atoms with E-state index in [4.69, 9.17) is 14.9 Å². The summed E-state index contributed by atoms with van der Waals surface area (Å²) in [6.07, 6.45) is 4.95. The molecule has 9 nitrogen and oxygen atoms in total. The second kappa shape index (κ2) is 9.04. The highest BCUT2D eigenvalue weighted by Gasteiger charge is 2.53. The van der Waals surface area contributed by atoms with Crippen LogP contribution in [0.2, 0.25) is 0 Å². The highest BCUT2D eigenvalue weighted by Crippen LogP contribution is 2.51. The van der Waals surface area contributed by atoms with E-state index in [0.29, 0.717) is 24.3 Å². The topological polar surface area (TPSA) is 117 Å². The van der Waals surface area contributed by atoms with Crippen LogP contribution >= 0.6 is 0 Å². The molecule has 9 heteroatoms. The number of carbonyl (C=O) groups is 2. The lowest BCUT2D eigenvalue weighted by Gasteiger charge is -2.42. The number of hydrogen-bond acceptors (Lipinski definition) is 6. The average molecular weight is 506 g/mol. The highest BCUT2D eigenvalue weighted by atomic mass is 16.5. The van der Waals surface area contributed by atoms with Crippen molar-refractivity contribution in [3.05, 3.63) is 53.9 Å². The first-order valence-corrected chi connectivity index (χ1v) is 12.7. The normalized spacial score (nSPS) is 26.3. The number of fused-ring (bicyclic) bond motifs is 1. The van der Waals surface area contributed by atoms with Crippen LogP contribution in [0, 0.1) is 17.2 Å². The lowest BCUT2D eigenvalue weighted by molar-refractivity contribution is -0.133. The molecule has 5 rings (SSSR count). The number of benzene rings is 1. The SMILES string of the molecule is COc1ccc2c(c1)OC(C)(C)C[C@@H]2NC(=O)[C@@H]1CC1[C@H](c1cccnc1)N1C(=N)NC(C)(C)CC1=O. The first-order valence-electron chi connectivity index (χ1n) is 12.7. The van der Waals surface area contributed by atoms with Gasteiger partial charge >= 0.3 is 0 Å². The van der Waals surface area contributed by atoms with Crippen LogP contribution in [0.25, 0.3) is 0 Å². The van der Waals surface area contributed by atoms with Gasteiger partial charge in [-0.1, -0.05) is 6.07 Å². The van der Waals surface area contributed by atoms with E-state index in [1.54, 1.807) is 19.5 Å². The number of amides is 2. The fourth-order valence-electron chi connectivity index (χ4n) is 5.68. The second-order valence-electron chi connectivity index (χ2n) is 11.6. The molecule has 3 heterocycles. The summed E-state index contributed by atoms with van der Waals surface area (Å²) in [5.74, 6) is 0.926. The van der Waals surface area contributed by atoms with Gasteiger partial charge in [0.15, 0.2) is 5.96 Å². The van der Waals surface area contributed by atoms with Crippen LogP contribution in [0.4, 0.5) is 0 Å². The number of pyridine rings is 1. The van der Waals surface area contributed by atoms with Crippen LogP contribution in [0.15, 0.2) is 42.7 Å². The third kappa shape index (κ3) is 4.99. The van der Waals surface area contributed by atoms with Crippen LogP contribution in [0.3, 0.4) is 0 Å². The molecular weight excluding hydrogens is 470 g/mol. The lowest BCUT2D eigenvalue weighted by Crippen LogP contribution is -2.60. The van der Waals surface area contributed by atoms with Gasteiger partial charge in [0.05, 0.1) is 19.2 Å². The number of carbonyl (C=O) groups excluding carboxylic acids is 2. The second-order valence-corrected chi connectivity index (χ2v) is 11.6. The molecule has 196 valence electrons. The third-order valence-electron chi connectivity index (χ3n) is 7.44. The summed E-state index contributed by atoms with van der Waals surface area (Å²) in [4.78, 5) is 32.5. The number of methoxy groups -OCH3 is 1. The van der Waals surface area contributed by atoms with E-state index < -0.39 is 17.2 Å². The molecule has 1 saturated heterocycles. The predicted molar refractivity (Wildman–Crippen MR) is 138 cm³/mol.